The number of hydrogen-bond acceptors (Lipinski definition) is 4. The molecule has 2 aliphatic rings. The van der Waals surface area contributed by atoms with Crippen molar-refractivity contribution in [2.45, 2.75) is 57.9 Å². The summed E-state index contributed by atoms with van der Waals surface area (Å²) in [5, 5.41) is 16.0. The van der Waals surface area contributed by atoms with E-state index in [0.29, 0.717) is 0 Å². The molecule has 0 radical (unpaired) electrons. The molecule has 1 unspecified atom stereocenters. The molecular weight excluding hydrogens is 400 g/mol. The summed E-state index contributed by atoms with van der Waals surface area (Å²) in [6.45, 7) is 6.06. The zero-order valence-corrected chi connectivity index (χ0v) is 18.7. The van der Waals surface area contributed by atoms with Crippen LogP contribution in [0.5, 0.6) is 0 Å². The lowest BCUT2D eigenvalue weighted by Crippen LogP contribution is -2.38. The van der Waals surface area contributed by atoms with Crippen molar-refractivity contribution >= 4 is 11.6 Å². The molecule has 2 N–H and O–H groups in total. The molecule has 1 aromatic heterocycles. The smallest absolute Gasteiger partial charge is 0.231 e. The number of rotatable bonds is 5. The van der Waals surface area contributed by atoms with E-state index in [1.807, 2.05) is 31.2 Å². The number of fused-ring (bicyclic) bond motifs is 1. The summed E-state index contributed by atoms with van der Waals surface area (Å²) in [5.74, 6) is 1.60. The van der Waals surface area contributed by atoms with Crippen molar-refractivity contribution in [3.8, 4) is 0 Å². The molecule has 1 saturated carbocycles. The zero-order valence-electron chi connectivity index (χ0n) is 18.7. The van der Waals surface area contributed by atoms with Crippen LogP contribution in [0.1, 0.15) is 70.2 Å². The Bertz CT molecular complexity index is 1230. The van der Waals surface area contributed by atoms with Gasteiger partial charge in [0, 0.05) is 5.56 Å². The largest absolute Gasteiger partial charge is 0.464 e. The van der Waals surface area contributed by atoms with E-state index >= 15 is 0 Å². The topological polar surface area (TPSA) is 74.8 Å². The molecule has 32 heavy (non-hydrogen) atoms. The number of carbonyl (C=O) groups is 1. The van der Waals surface area contributed by atoms with Gasteiger partial charge in [-0.1, -0.05) is 47.1 Å². The average Bonchev–Trinajstić information content (AvgIpc) is 3.32. The van der Waals surface area contributed by atoms with E-state index < -0.39 is 5.41 Å². The van der Waals surface area contributed by atoms with Crippen molar-refractivity contribution in [2.24, 2.45) is 5.16 Å². The Morgan fingerprint density at radius 3 is 2.53 bits per heavy atom. The number of carbonyl (C=O) groups excluding carboxylic acids is 1. The van der Waals surface area contributed by atoms with Crippen LogP contribution in [0.3, 0.4) is 0 Å². The minimum Gasteiger partial charge on any atom is -0.464 e. The lowest BCUT2D eigenvalue weighted by Gasteiger charge is -2.24. The van der Waals surface area contributed by atoms with Crippen molar-refractivity contribution in [2.75, 3.05) is 0 Å². The van der Waals surface area contributed by atoms with Crippen molar-refractivity contribution in [1.82, 2.24) is 5.32 Å². The first kappa shape index (κ1) is 20.6. The Labute approximate surface area is 188 Å². The highest BCUT2D eigenvalue weighted by molar-refractivity contribution is 6.04. The van der Waals surface area contributed by atoms with E-state index in [0.717, 1.165) is 70.7 Å². The van der Waals surface area contributed by atoms with E-state index in [2.05, 4.69) is 48.6 Å². The zero-order chi connectivity index (χ0) is 22.5. The lowest BCUT2D eigenvalue weighted by atomic mass is 9.90. The highest BCUT2D eigenvalue weighted by atomic mass is 16.4. The number of nitrogens with one attached hydrogen (secondary N) is 1. The molecule has 0 saturated heterocycles. The second-order valence-electron chi connectivity index (χ2n) is 9.22. The number of nitrogens with zero attached hydrogens (tertiary/aromatic N) is 1. The van der Waals surface area contributed by atoms with Gasteiger partial charge in [-0.05, 0) is 80.8 Å². The van der Waals surface area contributed by atoms with Gasteiger partial charge in [0.1, 0.15) is 17.6 Å². The average molecular weight is 429 g/mol. The Morgan fingerprint density at radius 2 is 1.88 bits per heavy atom. The monoisotopic (exact) mass is 428 g/mol. The van der Waals surface area contributed by atoms with Crippen LogP contribution in [-0.2, 0) is 16.6 Å². The van der Waals surface area contributed by atoms with Crippen molar-refractivity contribution < 1.29 is 14.4 Å². The molecule has 3 aromatic rings. The van der Waals surface area contributed by atoms with Gasteiger partial charge in [-0.3, -0.25) is 4.79 Å². The molecule has 5 nitrogen and oxygen atoms in total. The summed E-state index contributed by atoms with van der Waals surface area (Å²) >= 11 is 0. The number of benzene rings is 2. The van der Waals surface area contributed by atoms with Crippen LogP contribution < -0.4 is 5.32 Å². The van der Waals surface area contributed by atoms with Crippen LogP contribution in [0, 0.1) is 20.8 Å². The van der Waals surface area contributed by atoms with Crippen LogP contribution in [0.25, 0.3) is 0 Å². The second kappa shape index (κ2) is 7.66. The van der Waals surface area contributed by atoms with E-state index in [4.69, 9.17) is 4.42 Å². The summed E-state index contributed by atoms with van der Waals surface area (Å²) in [4.78, 5) is 13.7. The molecule has 5 heteroatoms. The molecule has 0 spiro atoms. The maximum Gasteiger partial charge on any atom is 0.231 e. The predicted molar refractivity (Wildman–Crippen MR) is 123 cm³/mol. The third-order valence-corrected chi connectivity index (χ3v) is 6.96. The van der Waals surface area contributed by atoms with E-state index in [1.54, 1.807) is 0 Å². The molecule has 2 aliphatic carbocycles. The third-order valence-electron chi connectivity index (χ3n) is 6.96. The van der Waals surface area contributed by atoms with Crippen LogP contribution in [0.2, 0.25) is 0 Å². The van der Waals surface area contributed by atoms with Gasteiger partial charge < -0.3 is 14.9 Å². The lowest BCUT2D eigenvalue weighted by molar-refractivity contribution is -0.124. The van der Waals surface area contributed by atoms with Gasteiger partial charge in [0.15, 0.2) is 0 Å². The summed E-state index contributed by atoms with van der Waals surface area (Å²) in [6.07, 6.45) is 3.24. The summed E-state index contributed by atoms with van der Waals surface area (Å²) < 4.78 is 5.96. The minimum absolute atomic E-state index is 0.0329. The van der Waals surface area contributed by atoms with E-state index in [-0.39, 0.29) is 11.9 Å². The molecule has 1 fully saturated rings. The van der Waals surface area contributed by atoms with Crippen LogP contribution in [-0.4, -0.2) is 16.8 Å². The molecule has 0 bridgehead atoms. The number of aryl methyl sites for hydroxylation is 4. The molecular formula is C27H28N2O3. The molecule has 5 rings (SSSR count). The molecule has 1 atom stereocenters. The van der Waals surface area contributed by atoms with Gasteiger partial charge >= 0.3 is 0 Å². The van der Waals surface area contributed by atoms with Gasteiger partial charge in [-0.25, -0.2) is 0 Å². The Hall–Kier alpha value is -3.34. The first-order chi connectivity index (χ1) is 15.4. The first-order valence-corrected chi connectivity index (χ1v) is 11.2. The van der Waals surface area contributed by atoms with Gasteiger partial charge in [0.05, 0.1) is 11.1 Å². The summed E-state index contributed by atoms with van der Waals surface area (Å²) in [5.41, 5.74) is 6.77. The summed E-state index contributed by atoms with van der Waals surface area (Å²) in [6, 6.07) is 16.0. The van der Waals surface area contributed by atoms with Gasteiger partial charge in [-0.2, -0.15) is 0 Å². The van der Waals surface area contributed by atoms with Crippen molar-refractivity contribution in [1.29, 1.82) is 0 Å². The molecule has 1 amide bonds. The second-order valence-corrected chi connectivity index (χ2v) is 9.22. The fourth-order valence-electron chi connectivity index (χ4n) is 4.97. The number of amides is 1. The number of hydrogen-bond donors (Lipinski definition) is 2. The van der Waals surface area contributed by atoms with Gasteiger partial charge in [0.25, 0.3) is 0 Å². The minimum atomic E-state index is -0.507. The molecule has 2 aromatic carbocycles. The third kappa shape index (κ3) is 3.42. The Morgan fingerprint density at radius 1 is 1.06 bits per heavy atom. The van der Waals surface area contributed by atoms with Crippen LogP contribution >= 0.6 is 0 Å². The fraction of sp³-hybridized carbons (Fsp3) is 0.333. The predicted octanol–water partition coefficient (Wildman–Crippen LogP) is 5.27. The Balaban J connectivity index is 1.47. The van der Waals surface area contributed by atoms with Gasteiger partial charge in [-0.15, -0.1) is 0 Å². The highest BCUT2D eigenvalue weighted by Gasteiger charge is 2.52. The molecule has 164 valence electrons. The first-order valence-electron chi connectivity index (χ1n) is 11.2. The normalized spacial score (nSPS) is 18.4. The standard InChI is InChI=1S/C27H28N2O3/c1-16-4-8-21(17(2)14-16)25(24-11-5-18(3)32-24)28-26(30)27(12-13-27)20-7-9-22-19(15-20)6-10-23(22)29-31/h4-5,7-9,11,14-15,25,31H,6,10,12-13H2,1-3H3,(H,28,30). The summed E-state index contributed by atoms with van der Waals surface area (Å²) in [7, 11) is 0. The van der Waals surface area contributed by atoms with E-state index in [9.17, 15) is 10.0 Å². The van der Waals surface area contributed by atoms with E-state index in [1.165, 1.54) is 5.56 Å². The molecule has 0 aliphatic heterocycles. The molecule has 1 heterocycles. The van der Waals surface area contributed by atoms with Crippen LogP contribution in [0.15, 0.2) is 58.1 Å². The Kier molecular flexibility index (Phi) is 4.92. The maximum atomic E-state index is 13.7. The quantitative estimate of drug-likeness (QED) is 0.430. The SMILES string of the molecule is Cc1ccc(C(NC(=O)C2(c3ccc4c(c3)CCC4=NO)CC2)c2ccc(C)o2)c(C)c1. The van der Waals surface area contributed by atoms with Gasteiger partial charge in [0.2, 0.25) is 5.91 Å². The van der Waals surface area contributed by atoms with Crippen LogP contribution in [0.4, 0.5) is 0 Å². The van der Waals surface area contributed by atoms with Crippen molar-refractivity contribution in [3.05, 3.63) is 93.4 Å². The van der Waals surface area contributed by atoms with Crippen molar-refractivity contribution in [3.63, 3.8) is 0 Å². The highest BCUT2D eigenvalue weighted by Crippen LogP contribution is 2.50. The fourth-order valence-corrected chi connectivity index (χ4v) is 4.97. The number of oxime groups is 1. The number of furan rings is 1. The maximum absolute atomic E-state index is 13.7.